The number of carbonyl (C=O) groups excluding carboxylic acids is 1. The molecular formula is C17H23N5O4. The topological polar surface area (TPSA) is 108 Å². The minimum absolute atomic E-state index is 0.117. The number of esters is 1. The van der Waals surface area contributed by atoms with E-state index >= 15 is 0 Å². The molecule has 1 aliphatic carbocycles. The highest BCUT2D eigenvalue weighted by atomic mass is 16.5. The number of nitrogens with one attached hydrogen (secondary N) is 1. The first-order chi connectivity index (χ1) is 12.5. The Balaban J connectivity index is 1.44. The van der Waals surface area contributed by atoms with Crippen LogP contribution < -0.4 is 10.2 Å². The van der Waals surface area contributed by atoms with Gasteiger partial charge in [-0.2, -0.15) is 4.98 Å². The third kappa shape index (κ3) is 3.02. The Bertz CT molecular complexity index is 720. The zero-order chi connectivity index (χ0) is 18.3. The molecule has 0 aromatic carbocycles. The van der Waals surface area contributed by atoms with Gasteiger partial charge < -0.3 is 25.0 Å². The number of hydrogen-bond acceptors (Lipinski definition) is 7. The number of hydrogen-bond donors (Lipinski definition) is 2. The van der Waals surface area contributed by atoms with Crippen molar-refractivity contribution in [2.24, 2.45) is 5.41 Å². The van der Waals surface area contributed by atoms with E-state index in [1.165, 1.54) is 12.0 Å². The first-order valence-electron chi connectivity index (χ1n) is 8.95. The lowest BCUT2D eigenvalue weighted by Crippen LogP contribution is -2.65. The second-order valence-electron chi connectivity index (χ2n) is 7.51. The van der Waals surface area contributed by atoms with Crippen molar-refractivity contribution < 1.29 is 19.4 Å². The molecule has 3 fully saturated rings. The molecule has 1 saturated carbocycles. The normalized spacial score (nSPS) is 21.3. The van der Waals surface area contributed by atoms with Crippen LogP contribution in [-0.2, 0) is 4.74 Å². The maximum absolute atomic E-state index is 11.9. The first-order valence-corrected chi connectivity index (χ1v) is 8.95. The Morgan fingerprint density at radius 1 is 1.27 bits per heavy atom. The minimum atomic E-state index is -0.846. The zero-order valence-corrected chi connectivity index (χ0v) is 14.8. The quantitative estimate of drug-likeness (QED) is 0.775. The van der Waals surface area contributed by atoms with Crippen LogP contribution in [0.15, 0.2) is 6.07 Å². The molecule has 0 atom stereocenters. The van der Waals surface area contributed by atoms with Crippen LogP contribution in [0.5, 0.6) is 0 Å². The van der Waals surface area contributed by atoms with Gasteiger partial charge in [0.05, 0.1) is 7.11 Å². The van der Waals surface area contributed by atoms with E-state index in [-0.39, 0.29) is 17.2 Å². The Kier molecular flexibility index (Phi) is 4.08. The largest absolute Gasteiger partial charge is 0.465 e. The summed E-state index contributed by atoms with van der Waals surface area (Å²) in [4.78, 5) is 35.3. The van der Waals surface area contributed by atoms with Gasteiger partial charge >= 0.3 is 12.1 Å². The fraction of sp³-hybridized carbons (Fsp3) is 0.647. The molecule has 9 heteroatoms. The van der Waals surface area contributed by atoms with E-state index in [1.807, 2.05) is 0 Å². The lowest BCUT2D eigenvalue weighted by Gasteiger charge is -2.58. The molecule has 1 aromatic heterocycles. The third-order valence-electron chi connectivity index (χ3n) is 5.53. The first kappa shape index (κ1) is 16.9. The van der Waals surface area contributed by atoms with Gasteiger partial charge in [-0.3, -0.25) is 0 Å². The summed E-state index contributed by atoms with van der Waals surface area (Å²) >= 11 is 0. The lowest BCUT2D eigenvalue weighted by molar-refractivity contribution is -0.0520. The number of carbonyl (C=O) groups is 2. The highest BCUT2D eigenvalue weighted by molar-refractivity contribution is 5.88. The summed E-state index contributed by atoms with van der Waals surface area (Å²) < 4.78 is 4.81. The van der Waals surface area contributed by atoms with Crippen molar-refractivity contribution in [1.29, 1.82) is 0 Å². The number of ether oxygens (including phenoxy) is 1. The van der Waals surface area contributed by atoms with E-state index in [0.717, 1.165) is 38.8 Å². The monoisotopic (exact) mass is 361 g/mol. The Morgan fingerprint density at radius 3 is 2.58 bits per heavy atom. The molecule has 1 spiro atoms. The molecule has 0 bridgehead atoms. The number of amides is 1. The van der Waals surface area contributed by atoms with E-state index < -0.39 is 12.1 Å². The molecule has 3 aliphatic rings. The van der Waals surface area contributed by atoms with Gasteiger partial charge in [0.15, 0.2) is 5.69 Å². The van der Waals surface area contributed by atoms with Crippen LogP contribution >= 0.6 is 0 Å². The highest BCUT2D eigenvalue weighted by Gasteiger charge is 2.53. The Hall–Kier alpha value is -2.58. The average molecular weight is 361 g/mol. The fourth-order valence-corrected chi connectivity index (χ4v) is 4.23. The number of anilines is 2. The van der Waals surface area contributed by atoms with Gasteiger partial charge in [0.1, 0.15) is 5.82 Å². The van der Waals surface area contributed by atoms with Crippen molar-refractivity contribution in [3.63, 3.8) is 0 Å². The predicted molar refractivity (Wildman–Crippen MR) is 93.5 cm³/mol. The number of nitrogens with zero attached hydrogens (tertiary/aromatic N) is 4. The van der Waals surface area contributed by atoms with Crippen molar-refractivity contribution in [2.75, 3.05) is 43.5 Å². The standard InChI is InChI=1S/C17H23N5O4/c1-26-14(23)12-6-13(20-15(19-12)21-4-2-3-5-21)18-11-7-17(8-11)9-22(10-17)16(24)25/h6,11H,2-5,7-10H2,1H3,(H,24,25)(H,18,19,20). The molecule has 2 saturated heterocycles. The molecule has 26 heavy (non-hydrogen) atoms. The summed E-state index contributed by atoms with van der Waals surface area (Å²) in [6, 6.07) is 1.86. The molecule has 3 heterocycles. The van der Waals surface area contributed by atoms with Gasteiger partial charge in [0.2, 0.25) is 5.95 Å². The van der Waals surface area contributed by atoms with Crippen LogP contribution in [0, 0.1) is 5.41 Å². The Morgan fingerprint density at radius 2 is 1.96 bits per heavy atom. The predicted octanol–water partition coefficient (Wildman–Crippen LogP) is 1.42. The smallest absolute Gasteiger partial charge is 0.407 e. The number of methoxy groups -OCH3 is 1. The molecular weight excluding hydrogens is 338 g/mol. The molecule has 1 aromatic rings. The fourth-order valence-electron chi connectivity index (χ4n) is 4.23. The summed E-state index contributed by atoms with van der Waals surface area (Å²) in [5, 5.41) is 12.3. The summed E-state index contributed by atoms with van der Waals surface area (Å²) in [5.74, 6) is 0.705. The van der Waals surface area contributed by atoms with Crippen molar-refractivity contribution in [2.45, 2.75) is 31.7 Å². The number of aromatic nitrogens is 2. The highest BCUT2D eigenvalue weighted by Crippen LogP contribution is 2.49. The van der Waals surface area contributed by atoms with Crippen LogP contribution in [0.25, 0.3) is 0 Å². The number of rotatable bonds is 4. The van der Waals surface area contributed by atoms with E-state index in [1.54, 1.807) is 6.07 Å². The third-order valence-corrected chi connectivity index (χ3v) is 5.53. The summed E-state index contributed by atoms with van der Waals surface area (Å²) in [6.07, 6.45) is 3.17. The summed E-state index contributed by atoms with van der Waals surface area (Å²) in [7, 11) is 1.34. The Labute approximate surface area is 151 Å². The van der Waals surface area contributed by atoms with Crippen LogP contribution in [0.2, 0.25) is 0 Å². The summed E-state index contributed by atoms with van der Waals surface area (Å²) in [5.41, 5.74) is 0.369. The van der Waals surface area contributed by atoms with Crippen molar-refractivity contribution in [3.05, 3.63) is 11.8 Å². The minimum Gasteiger partial charge on any atom is -0.465 e. The lowest BCUT2D eigenvalue weighted by atomic mass is 9.61. The van der Waals surface area contributed by atoms with Crippen LogP contribution in [0.3, 0.4) is 0 Å². The molecule has 1 amide bonds. The number of carboxylic acid groups (broad SMARTS) is 1. The molecule has 2 N–H and O–H groups in total. The number of likely N-dealkylation sites (tertiary alicyclic amines) is 1. The van der Waals surface area contributed by atoms with Gasteiger partial charge in [-0.15, -0.1) is 0 Å². The molecule has 4 rings (SSSR count). The van der Waals surface area contributed by atoms with Crippen molar-refractivity contribution in [1.82, 2.24) is 14.9 Å². The van der Waals surface area contributed by atoms with E-state index in [4.69, 9.17) is 9.84 Å². The summed E-state index contributed by atoms with van der Waals surface area (Å²) in [6.45, 7) is 3.00. The van der Waals surface area contributed by atoms with Gasteiger partial charge in [-0.1, -0.05) is 0 Å². The van der Waals surface area contributed by atoms with Gasteiger partial charge in [0.25, 0.3) is 0 Å². The van der Waals surface area contributed by atoms with Gasteiger partial charge in [-0.05, 0) is 25.7 Å². The van der Waals surface area contributed by atoms with E-state index in [0.29, 0.717) is 24.9 Å². The maximum atomic E-state index is 11.9. The zero-order valence-electron chi connectivity index (χ0n) is 14.8. The average Bonchev–Trinajstić information content (AvgIpc) is 3.08. The SMILES string of the molecule is COC(=O)c1cc(NC2CC3(C2)CN(C(=O)O)C3)nc(N2CCCC2)n1. The van der Waals surface area contributed by atoms with Crippen molar-refractivity contribution in [3.8, 4) is 0 Å². The van der Waals surface area contributed by atoms with Crippen LogP contribution in [-0.4, -0.2) is 71.4 Å². The molecule has 0 unspecified atom stereocenters. The molecule has 9 nitrogen and oxygen atoms in total. The van der Waals surface area contributed by atoms with Gasteiger partial charge in [0, 0.05) is 43.7 Å². The van der Waals surface area contributed by atoms with E-state index in [9.17, 15) is 9.59 Å². The van der Waals surface area contributed by atoms with Crippen molar-refractivity contribution >= 4 is 23.8 Å². The van der Waals surface area contributed by atoms with Gasteiger partial charge in [-0.25, -0.2) is 14.6 Å². The second kappa shape index (κ2) is 6.30. The second-order valence-corrected chi connectivity index (χ2v) is 7.51. The molecule has 0 radical (unpaired) electrons. The van der Waals surface area contributed by atoms with E-state index in [2.05, 4.69) is 20.2 Å². The molecule has 140 valence electrons. The van der Waals surface area contributed by atoms with Crippen LogP contribution in [0.1, 0.15) is 36.2 Å². The molecule has 2 aliphatic heterocycles. The van der Waals surface area contributed by atoms with Crippen LogP contribution in [0.4, 0.5) is 16.6 Å². The maximum Gasteiger partial charge on any atom is 0.407 e.